The molecule has 2 rings (SSSR count). The van der Waals surface area contributed by atoms with Crippen LogP contribution in [0.15, 0.2) is 30.3 Å². The molecule has 1 aromatic rings. The van der Waals surface area contributed by atoms with E-state index in [2.05, 4.69) is 54.4 Å². The molecule has 2 nitrogen and oxygen atoms in total. The van der Waals surface area contributed by atoms with E-state index in [1.54, 1.807) is 0 Å². The first-order valence-corrected chi connectivity index (χ1v) is 6.87. The van der Waals surface area contributed by atoms with Gasteiger partial charge >= 0.3 is 0 Å². The maximum absolute atomic E-state index is 3.59. The van der Waals surface area contributed by atoms with Crippen LogP contribution in [0.4, 0.5) is 0 Å². The van der Waals surface area contributed by atoms with Crippen LogP contribution >= 0.6 is 0 Å². The van der Waals surface area contributed by atoms with E-state index in [4.69, 9.17) is 0 Å². The fourth-order valence-corrected chi connectivity index (χ4v) is 2.79. The molecule has 0 radical (unpaired) electrons. The Kier molecular flexibility index (Phi) is 4.57. The van der Waals surface area contributed by atoms with E-state index in [1.807, 2.05) is 0 Å². The van der Waals surface area contributed by atoms with Crippen LogP contribution in [-0.4, -0.2) is 30.6 Å². The van der Waals surface area contributed by atoms with Gasteiger partial charge in [0.05, 0.1) is 0 Å². The molecular weight excluding hydrogens is 208 g/mol. The van der Waals surface area contributed by atoms with Crippen molar-refractivity contribution in [1.82, 2.24) is 10.2 Å². The van der Waals surface area contributed by atoms with Gasteiger partial charge in [0.25, 0.3) is 0 Å². The summed E-state index contributed by atoms with van der Waals surface area (Å²) in [6.07, 6.45) is 2.42. The zero-order chi connectivity index (χ0) is 12.1. The first-order valence-electron chi connectivity index (χ1n) is 6.87. The van der Waals surface area contributed by atoms with Crippen LogP contribution in [0.2, 0.25) is 0 Å². The lowest BCUT2D eigenvalue weighted by atomic mass is 10.0. The highest BCUT2D eigenvalue weighted by Crippen LogP contribution is 2.25. The highest BCUT2D eigenvalue weighted by molar-refractivity contribution is 5.19. The summed E-state index contributed by atoms with van der Waals surface area (Å²) in [4.78, 5) is 2.64. The van der Waals surface area contributed by atoms with E-state index in [0.717, 1.165) is 6.54 Å². The van der Waals surface area contributed by atoms with Crippen LogP contribution in [0.5, 0.6) is 0 Å². The molecule has 1 aliphatic rings. The summed E-state index contributed by atoms with van der Waals surface area (Å²) < 4.78 is 0. The number of hydrogen-bond donors (Lipinski definition) is 1. The second-order valence-electron chi connectivity index (χ2n) is 4.89. The molecule has 1 N–H and O–H groups in total. The van der Waals surface area contributed by atoms with Crippen LogP contribution in [0.1, 0.15) is 38.3 Å². The molecule has 1 aliphatic heterocycles. The Morgan fingerprint density at radius 3 is 2.71 bits per heavy atom. The lowest BCUT2D eigenvalue weighted by molar-refractivity contribution is 0.138. The van der Waals surface area contributed by atoms with E-state index < -0.39 is 0 Å². The van der Waals surface area contributed by atoms with Gasteiger partial charge in [0, 0.05) is 31.7 Å². The first kappa shape index (κ1) is 12.6. The van der Waals surface area contributed by atoms with Crippen molar-refractivity contribution >= 4 is 0 Å². The van der Waals surface area contributed by atoms with E-state index in [-0.39, 0.29) is 0 Å². The number of rotatable bonds is 4. The minimum atomic E-state index is 0.590. The Morgan fingerprint density at radius 2 is 2.06 bits per heavy atom. The molecule has 17 heavy (non-hydrogen) atoms. The summed E-state index contributed by atoms with van der Waals surface area (Å²) in [6.45, 7) is 8.04. The zero-order valence-corrected chi connectivity index (χ0v) is 11.0. The third-order valence-corrected chi connectivity index (χ3v) is 3.79. The minimum Gasteiger partial charge on any atom is -0.311 e. The van der Waals surface area contributed by atoms with Crippen molar-refractivity contribution in [3.63, 3.8) is 0 Å². The lowest BCUT2D eigenvalue weighted by Crippen LogP contribution is -2.51. The minimum absolute atomic E-state index is 0.590. The summed E-state index contributed by atoms with van der Waals surface area (Å²) in [5.74, 6) is 0. The quantitative estimate of drug-likeness (QED) is 0.858. The fraction of sp³-hybridized carbons (Fsp3) is 0.600. The number of piperazine rings is 1. The van der Waals surface area contributed by atoms with Crippen molar-refractivity contribution in [3.05, 3.63) is 35.9 Å². The van der Waals surface area contributed by atoms with Crippen LogP contribution in [0, 0.1) is 0 Å². The Labute approximate surface area is 105 Å². The smallest absolute Gasteiger partial charge is 0.0346 e. The van der Waals surface area contributed by atoms with Gasteiger partial charge in [-0.15, -0.1) is 0 Å². The maximum atomic E-state index is 3.59. The van der Waals surface area contributed by atoms with E-state index >= 15 is 0 Å². The van der Waals surface area contributed by atoms with Gasteiger partial charge in [0.2, 0.25) is 0 Å². The third kappa shape index (κ3) is 3.08. The number of hydrogen-bond acceptors (Lipinski definition) is 2. The Hall–Kier alpha value is -0.860. The number of nitrogens with zero attached hydrogens (tertiary/aromatic N) is 1. The molecule has 0 saturated carbocycles. The zero-order valence-electron chi connectivity index (χ0n) is 11.0. The second-order valence-corrected chi connectivity index (χ2v) is 4.89. The van der Waals surface area contributed by atoms with Gasteiger partial charge < -0.3 is 5.32 Å². The van der Waals surface area contributed by atoms with Crippen molar-refractivity contribution < 1.29 is 0 Å². The fourth-order valence-electron chi connectivity index (χ4n) is 2.79. The van der Waals surface area contributed by atoms with Gasteiger partial charge in [0.15, 0.2) is 0 Å². The van der Waals surface area contributed by atoms with E-state index in [9.17, 15) is 0 Å². The molecule has 94 valence electrons. The highest BCUT2D eigenvalue weighted by atomic mass is 15.2. The topological polar surface area (TPSA) is 15.3 Å². The van der Waals surface area contributed by atoms with Gasteiger partial charge in [-0.3, -0.25) is 4.90 Å². The third-order valence-electron chi connectivity index (χ3n) is 3.79. The highest BCUT2D eigenvalue weighted by Gasteiger charge is 2.24. The van der Waals surface area contributed by atoms with Gasteiger partial charge in [-0.2, -0.15) is 0 Å². The monoisotopic (exact) mass is 232 g/mol. The average molecular weight is 232 g/mol. The van der Waals surface area contributed by atoms with Crippen molar-refractivity contribution in [2.45, 2.75) is 38.8 Å². The lowest BCUT2D eigenvalue weighted by Gasteiger charge is -2.38. The maximum Gasteiger partial charge on any atom is 0.0346 e. The van der Waals surface area contributed by atoms with Gasteiger partial charge in [-0.1, -0.05) is 44.2 Å². The second kappa shape index (κ2) is 6.18. The van der Waals surface area contributed by atoms with Crippen molar-refractivity contribution in [2.75, 3.05) is 19.6 Å². The summed E-state index contributed by atoms with van der Waals surface area (Å²) >= 11 is 0. The normalized spacial score (nSPS) is 23.5. The predicted octanol–water partition coefficient (Wildman–Crippen LogP) is 2.82. The van der Waals surface area contributed by atoms with Crippen LogP contribution in [0.3, 0.4) is 0 Å². The molecule has 1 fully saturated rings. The van der Waals surface area contributed by atoms with Crippen molar-refractivity contribution in [1.29, 1.82) is 0 Å². The van der Waals surface area contributed by atoms with Gasteiger partial charge in [-0.25, -0.2) is 0 Å². The largest absolute Gasteiger partial charge is 0.311 e. The standard InChI is InChI=1S/C15H24N2/c1-3-14-12-17(11-10-16-14)15(4-2)13-8-6-5-7-9-13/h5-9,14-16H,3-4,10-12H2,1-2H3. The molecule has 1 aromatic carbocycles. The van der Waals surface area contributed by atoms with Crippen LogP contribution < -0.4 is 5.32 Å². The molecule has 0 spiro atoms. The molecule has 0 bridgehead atoms. The molecular formula is C15H24N2. The SMILES string of the molecule is CCC1CN(C(CC)c2ccccc2)CCN1. The molecule has 2 heteroatoms. The summed E-state index contributed by atoms with van der Waals surface area (Å²) in [7, 11) is 0. The van der Waals surface area contributed by atoms with Crippen LogP contribution in [-0.2, 0) is 0 Å². The molecule has 2 atom stereocenters. The summed E-state index contributed by atoms with van der Waals surface area (Å²) in [5.41, 5.74) is 1.46. The first-order chi connectivity index (χ1) is 8.35. The van der Waals surface area contributed by atoms with Gasteiger partial charge in [0.1, 0.15) is 0 Å². The molecule has 2 unspecified atom stereocenters. The van der Waals surface area contributed by atoms with E-state index in [1.165, 1.54) is 31.5 Å². The van der Waals surface area contributed by atoms with Crippen molar-refractivity contribution in [2.24, 2.45) is 0 Å². The summed E-state index contributed by atoms with van der Waals surface area (Å²) in [5, 5.41) is 3.59. The Morgan fingerprint density at radius 1 is 1.29 bits per heavy atom. The molecule has 1 saturated heterocycles. The van der Waals surface area contributed by atoms with Gasteiger partial charge in [-0.05, 0) is 18.4 Å². The molecule has 0 amide bonds. The van der Waals surface area contributed by atoms with Crippen LogP contribution in [0.25, 0.3) is 0 Å². The molecule has 0 aliphatic carbocycles. The van der Waals surface area contributed by atoms with Crippen molar-refractivity contribution in [3.8, 4) is 0 Å². The summed E-state index contributed by atoms with van der Waals surface area (Å²) in [6, 6.07) is 12.2. The predicted molar refractivity (Wildman–Crippen MR) is 73.1 cm³/mol. The molecule has 1 heterocycles. The Balaban J connectivity index is 2.08. The molecule has 0 aromatic heterocycles. The Bertz CT molecular complexity index is 323. The number of benzene rings is 1. The van der Waals surface area contributed by atoms with E-state index in [0.29, 0.717) is 12.1 Å². The average Bonchev–Trinajstić information content (AvgIpc) is 2.41. The number of nitrogens with one attached hydrogen (secondary N) is 1.